The number of nitrogens with one attached hydrogen (secondary N) is 1. The molecule has 3 aromatic carbocycles. The van der Waals surface area contributed by atoms with E-state index in [0.29, 0.717) is 38.2 Å². The number of halogens is 1. The minimum absolute atomic E-state index is 0.230. The Balaban J connectivity index is 1.70. The van der Waals surface area contributed by atoms with Gasteiger partial charge in [0.1, 0.15) is 0 Å². The molecule has 35 heavy (non-hydrogen) atoms. The number of hydrogen-bond donors (Lipinski definition) is 1. The van der Waals surface area contributed by atoms with Crippen molar-refractivity contribution >= 4 is 39.9 Å². The molecule has 1 N–H and O–H groups in total. The first-order chi connectivity index (χ1) is 16.9. The van der Waals surface area contributed by atoms with Gasteiger partial charge in [-0.25, -0.2) is 4.21 Å². The normalized spacial score (nSPS) is 14.9. The van der Waals surface area contributed by atoms with E-state index >= 15 is 0 Å². The van der Waals surface area contributed by atoms with Gasteiger partial charge in [-0.3, -0.25) is 9.59 Å². The van der Waals surface area contributed by atoms with Gasteiger partial charge in [0.25, 0.3) is 11.8 Å². The van der Waals surface area contributed by atoms with Gasteiger partial charge in [-0.2, -0.15) is 0 Å². The fourth-order valence-corrected chi connectivity index (χ4v) is 5.57. The van der Waals surface area contributed by atoms with Crippen molar-refractivity contribution in [1.29, 1.82) is 0 Å². The molecule has 1 aliphatic heterocycles. The van der Waals surface area contributed by atoms with Crippen molar-refractivity contribution in [2.45, 2.75) is 30.2 Å². The van der Waals surface area contributed by atoms with Crippen molar-refractivity contribution in [2.24, 2.45) is 0 Å². The third-order valence-corrected chi connectivity index (χ3v) is 7.89. The summed E-state index contributed by atoms with van der Waals surface area (Å²) in [6, 6.07) is 19.2. The zero-order valence-electron chi connectivity index (χ0n) is 19.8. The minimum Gasteiger partial charge on any atom is -0.351 e. The van der Waals surface area contributed by atoms with Gasteiger partial charge in [-0.1, -0.05) is 49.7 Å². The van der Waals surface area contributed by atoms with Crippen molar-refractivity contribution < 1.29 is 13.8 Å². The van der Waals surface area contributed by atoms with Crippen LogP contribution in [0.5, 0.6) is 0 Å². The van der Waals surface area contributed by atoms with Crippen LogP contribution in [-0.2, 0) is 17.3 Å². The minimum atomic E-state index is -1.57. The van der Waals surface area contributed by atoms with Crippen LogP contribution < -0.4 is 10.2 Å². The molecule has 1 aliphatic rings. The highest BCUT2D eigenvalue weighted by molar-refractivity contribution is 7.85. The summed E-state index contributed by atoms with van der Waals surface area (Å²) < 4.78 is 13.5. The highest BCUT2D eigenvalue weighted by Gasteiger charge is 2.31. The zero-order valence-corrected chi connectivity index (χ0v) is 21.4. The van der Waals surface area contributed by atoms with Crippen molar-refractivity contribution in [3.05, 3.63) is 88.4 Å². The molecule has 0 saturated heterocycles. The summed E-state index contributed by atoms with van der Waals surface area (Å²) in [6.45, 7) is 7.53. The predicted molar refractivity (Wildman–Crippen MR) is 140 cm³/mol. The monoisotopic (exact) mass is 509 g/mol. The summed E-state index contributed by atoms with van der Waals surface area (Å²) in [7, 11) is -1.57. The molecule has 6 nitrogen and oxygen atoms in total. The Hall–Kier alpha value is -3.00. The highest BCUT2D eigenvalue weighted by Crippen LogP contribution is 2.36. The van der Waals surface area contributed by atoms with Gasteiger partial charge in [-0.15, -0.1) is 0 Å². The number of likely N-dealkylation sites (N-methyl/N-ethyl adjacent to an activating group) is 1. The lowest BCUT2D eigenvalue weighted by molar-refractivity contribution is 0.0945. The van der Waals surface area contributed by atoms with Crippen LogP contribution in [0.2, 0.25) is 5.02 Å². The van der Waals surface area contributed by atoms with E-state index < -0.39 is 10.8 Å². The molecule has 1 unspecified atom stereocenters. The van der Waals surface area contributed by atoms with Crippen LogP contribution in [0, 0.1) is 0 Å². The number of benzene rings is 3. The number of anilines is 1. The second-order valence-electron chi connectivity index (χ2n) is 8.25. The summed E-state index contributed by atoms with van der Waals surface area (Å²) in [6.07, 6.45) is 0. The Bertz CT molecular complexity index is 1260. The molecular weight excluding hydrogens is 482 g/mol. The summed E-state index contributed by atoms with van der Waals surface area (Å²) in [5, 5.41) is 3.56. The summed E-state index contributed by atoms with van der Waals surface area (Å²) >= 11 is 6.04. The number of hydrogen-bond acceptors (Lipinski definition) is 4. The van der Waals surface area contributed by atoms with Crippen LogP contribution in [0.3, 0.4) is 0 Å². The fraction of sp³-hybridized carbons (Fsp3) is 0.259. The van der Waals surface area contributed by atoms with Gasteiger partial charge in [0, 0.05) is 23.7 Å². The van der Waals surface area contributed by atoms with Gasteiger partial charge >= 0.3 is 0 Å². The molecule has 0 radical (unpaired) electrons. The lowest BCUT2D eigenvalue weighted by Gasteiger charge is -2.24. The van der Waals surface area contributed by atoms with E-state index in [9.17, 15) is 13.8 Å². The molecule has 0 fully saturated rings. The maximum absolute atomic E-state index is 13.7. The molecule has 0 bridgehead atoms. The lowest BCUT2D eigenvalue weighted by Crippen LogP contribution is -2.35. The third-order valence-electron chi connectivity index (χ3n) is 6.14. The van der Waals surface area contributed by atoms with Crippen LogP contribution in [-0.4, -0.2) is 47.1 Å². The molecule has 4 rings (SSSR count). The van der Waals surface area contributed by atoms with Crippen molar-refractivity contribution in [1.82, 2.24) is 10.2 Å². The Labute approximate surface area is 213 Å². The lowest BCUT2D eigenvalue weighted by atomic mass is 10.1. The molecule has 0 saturated carbocycles. The second kappa shape index (κ2) is 11.2. The van der Waals surface area contributed by atoms with Gasteiger partial charge in [0.2, 0.25) is 0 Å². The first-order valence-corrected chi connectivity index (χ1v) is 13.2. The smallest absolute Gasteiger partial charge is 0.259 e. The predicted octanol–water partition coefficient (Wildman–Crippen LogP) is 4.74. The number of fused-ring (bicyclic) bond motifs is 2. The molecule has 2 amide bonds. The van der Waals surface area contributed by atoms with E-state index in [4.69, 9.17) is 11.6 Å². The topological polar surface area (TPSA) is 69.7 Å². The molecule has 1 heterocycles. The zero-order chi connectivity index (χ0) is 24.9. The van der Waals surface area contributed by atoms with Gasteiger partial charge in [0.05, 0.1) is 38.4 Å². The maximum Gasteiger partial charge on any atom is 0.259 e. The molecule has 0 aromatic heterocycles. The summed E-state index contributed by atoms with van der Waals surface area (Å²) in [5.74, 6) is -0.492. The van der Waals surface area contributed by atoms with Crippen LogP contribution in [0.25, 0.3) is 0 Å². The van der Waals surface area contributed by atoms with Crippen LogP contribution in [0.15, 0.2) is 76.5 Å². The van der Waals surface area contributed by atoms with Crippen molar-refractivity contribution in [3.63, 3.8) is 0 Å². The number of nitrogens with zero attached hydrogens (tertiary/aromatic N) is 2. The van der Waals surface area contributed by atoms with E-state index in [1.807, 2.05) is 12.1 Å². The number of carbonyl (C=O) groups excluding carboxylic acids is 2. The average Bonchev–Trinajstić information content (AvgIpc) is 2.97. The molecule has 8 heteroatoms. The standard InChI is InChI=1S/C27H28ClN3O3S/c1-3-30(4-2)16-15-29-26(32)20-11-14-25-23(17-20)31(18-19-9-12-21(28)13-10-19)27(33)22-7-5-6-8-24(22)35(25)34/h5-14,17H,3-4,15-16,18H2,1-2H3,(H,29,32). The highest BCUT2D eigenvalue weighted by atomic mass is 35.5. The van der Waals surface area contributed by atoms with E-state index in [0.717, 1.165) is 25.2 Å². The Kier molecular flexibility index (Phi) is 8.00. The number of rotatable bonds is 8. The third kappa shape index (κ3) is 5.48. The van der Waals surface area contributed by atoms with Crippen LogP contribution in [0.4, 0.5) is 5.69 Å². The summed E-state index contributed by atoms with van der Waals surface area (Å²) in [4.78, 5) is 31.4. The molecule has 0 aliphatic carbocycles. The van der Waals surface area contributed by atoms with Crippen LogP contribution >= 0.6 is 11.6 Å². The van der Waals surface area contributed by atoms with Gasteiger partial charge in [0.15, 0.2) is 0 Å². The van der Waals surface area contributed by atoms with Crippen molar-refractivity contribution in [2.75, 3.05) is 31.1 Å². The quantitative estimate of drug-likeness (QED) is 0.476. The molecule has 1 atom stereocenters. The van der Waals surface area contributed by atoms with Gasteiger partial charge < -0.3 is 15.1 Å². The largest absolute Gasteiger partial charge is 0.351 e. The maximum atomic E-state index is 13.7. The first kappa shape index (κ1) is 25.1. The van der Waals surface area contributed by atoms with Gasteiger partial charge in [-0.05, 0) is 61.1 Å². The van der Waals surface area contributed by atoms with Crippen LogP contribution in [0.1, 0.15) is 40.1 Å². The fourth-order valence-electron chi connectivity index (χ4n) is 4.10. The van der Waals surface area contributed by atoms with E-state index in [-0.39, 0.29) is 18.4 Å². The van der Waals surface area contributed by atoms with E-state index in [1.165, 1.54) is 0 Å². The number of carbonyl (C=O) groups is 2. The first-order valence-electron chi connectivity index (χ1n) is 11.6. The average molecular weight is 510 g/mol. The van der Waals surface area contributed by atoms with Crippen molar-refractivity contribution in [3.8, 4) is 0 Å². The SMILES string of the molecule is CCN(CC)CCNC(=O)c1ccc2c(c1)N(Cc1ccc(Cl)cc1)C(=O)c1ccccc1S2=O. The molecule has 3 aromatic rings. The molecule has 182 valence electrons. The Morgan fingerprint density at radius 1 is 1.00 bits per heavy atom. The molecular formula is C27H28ClN3O3S. The Morgan fingerprint density at radius 2 is 1.71 bits per heavy atom. The van der Waals surface area contributed by atoms with E-state index in [1.54, 1.807) is 59.5 Å². The Morgan fingerprint density at radius 3 is 2.43 bits per heavy atom. The molecule has 0 spiro atoms. The second-order valence-corrected chi connectivity index (χ2v) is 10.1. The summed E-state index contributed by atoms with van der Waals surface area (Å²) in [5.41, 5.74) is 2.14. The van der Waals surface area contributed by atoms with E-state index in [2.05, 4.69) is 24.1 Å². The number of amides is 2.